The number of carbonyl (C=O) groups excluding carboxylic acids is 1. The highest BCUT2D eigenvalue weighted by Gasteiger charge is 2.24. The highest BCUT2D eigenvalue weighted by atomic mass is 16.5. The lowest BCUT2D eigenvalue weighted by molar-refractivity contribution is -0.153. The van der Waals surface area contributed by atoms with Crippen LogP contribution in [0.3, 0.4) is 0 Å². The van der Waals surface area contributed by atoms with Gasteiger partial charge in [0.05, 0.1) is 6.61 Å². The second-order valence-corrected chi connectivity index (χ2v) is 4.38. The van der Waals surface area contributed by atoms with E-state index in [1.165, 1.54) is 7.11 Å². The topological polar surface area (TPSA) is 61.5 Å². The van der Waals surface area contributed by atoms with Gasteiger partial charge in [-0.2, -0.15) is 0 Å². The van der Waals surface area contributed by atoms with E-state index in [1.54, 1.807) is 0 Å². The van der Waals surface area contributed by atoms with Gasteiger partial charge in [0, 0.05) is 7.11 Å². The van der Waals surface area contributed by atoms with E-state index in [0.29, 0.717) is 0 Å². The molecule has 1 unspecified atom stereocenters. The Hall–Kier alpha value is -0.610. The Morgan fingerprint density at radius 3 is 2.53 bits per heavy atom. The van der Waals surface area contributed by atoms with Crippen molar-refractivity contribution in [1.82, 2.24) is 0 Å². The highest BCUT2D eigenvalue weighted by molar-refractivity contribution is 5.75. The number of carbonyl (C=O) groups is 1. The Kier molecular flexibility index (Phi) is 5.05. The Morgan fingerprint density at radius 2 is 2.00 bits per heavy atom. The molecule has 0 saturated heterocycles. The molecule has 15 heavy (non-hydrogen) atoms. The lowest BCUT2D eigenvalue weighted by Gasteiger charge is -2.26. The van der Waals surface area contributed by atoms with Crippen molar-refractivity contribution < 1.29 is 14.3 Å². The third kappa shape index (κ3) is 4.18. The van der Waals surface area contributed by atoms with E-state index in [9.17, 15) is 4.79 Å². The van der Waals surface area contributed by atoms with Gasteiger partial charge in [0.2, 0.25) is 0 Å². The SMILES string of the molecule is COCC(N)C(=O)OC1CCC(C)CC1. The van der Waals surface area contributed by atoms with Gasteiger partial charge in [-0.15, -0.1) is 0 Å². The van der Waals surface area contributed by atoms with Crippen molar-refractivity contribution in [1.29, 1.82) is 0 Å². The highest BCUT2D eigenvalue weighted by Crippen LogP contribution is 2.25. The summed E-state index contributed by atoms with van der Waals surface area (Å²) in [5.41, 5.74) is 5.57. The maximum atomic E-state index is 11.5. The average molecular weight is 215 g/mol. The molecule has 1 rings (SSSR count). The van der Waals surface area contributed by atoms with Crippen LogP contribution >= 0.6 is 0 Å². The van der Waals surface area contributed by atoms with Gasteiger partial charge < -0.3 is 15.2 Å². The molecule has 0 amide bonds. The quantitative estimate of drug-likeness (QED) is 0.713. The standard InChI is InChI=1S/C11H21NO3/c1-8-3-5-9(6-4-8)15-11(13)10(12)7-14-2/h8-10H,3-7,12H2,1-2H3. The van der Waals surface area contributed by atoms with Gasteiger partial charge >= 0.3 is 5.97 Å². The minimum atomic E-state index is -0.644. The van der Waals surface area contributed by atoms with Crippen LogP contribution in [0.5, 0.6) is 0 Å². The number of hydrogen-bond acceptors (Lipinski definition) is 4. The van der Waals surface area contributed by atoms with E-state index in [0.717, 1.165) is 31.6 Å². The Bertz CT molecular complexity index is 200. The molecule has 0 radical (unpaired) electrons. The molecule has 4 nitrogen and oxygen atoms in total. The van der Waals surface area contributed by atoms with Gasteiger partial charge in [0.25, 0.3) is 0 Å². The van der Waals surface area contributed by atoms with E-state index >= 15 is 0 Å². The summed E-state index contributed by atoms with van der Waals surface area (Å²) < 4.78 is 10.1. The second-order valence-electron chi connectivity index (χ2n) is 4.38. The summed E-state index contributed by atoms with van der Waals surface area (Å²) in [5.74, 6) is 0.420. The molecule has 1 aliphatic rings. The lowest BCUT2D eigenvalue weighted by Crippen LogP contribution is -2.39. The molecule has 0 aromatic heterocycles. The molecule has 88 valence electrons. The van der Waals surface area contributed by atoms with Gasteiger partial charge in [-0.3, -0.25) is 4.79 Å². The summed E-state index contributed by atoms with van der Waals surface area (Å²) >= 11 is 0. The Balaban J connectivity index is 2.25. The minimum absolute atomic E-state index is 0.0663. The van der Waals surface area contributed by atoms with E-state index in [4.69, 9.17) is 15.2 Å². The molecule has 2 N–H and O–H groups in total. The first-order chi connectivity index (χ1) is 7.13. The van der Waals surface area contributed by atoms with Crippen LogP contribution < -0.4 is 5.73 Å². The zero-order valence-corrected chi connectivity index (χ0v) is 9.57. The summed E-state index contributed by atoms with van der Waals surface area (Å²) in [5, 5.41) is 0. The van der Waals surface area contributed by atoms with Gasteiger partial charge in [-0.05, 0) is 31.6 Å². The summed E-state index contributed by atoms with van der Waals surface area (Å²) in [6.07, 6.45) is 4.27. The molecular formula is C11H21NO3. The van der Waals surface area contributed by atoms with Crippen LogP contribution in [0, 0.1) is 5.92 Å². The fourth-order valence-electron chi connectivity index (χ4n) is 1.85. The first kappa shape index (κ1) is 12.5. The number of ether oxygens (including phenoxy) is 2. The lowest BCUT2D eigenvalue weighted by atomic mass is 9.89. The van der Waals surface area contributed by atoms with Crippen molar-refractivity contribution in [2.24, 2.45) is 11.7 Å². The first-order valence-electron chi connectivity index (χ1n) is 5.58. The fourth-order valence-corrected chi connectivity index (χ4v) is 1.85. The Morgan fingerprint density at radius 1 is 1.40 bits per heavy atom. The predicted molar refractivity (Wildman–Crippen MR) is 57.4 cm³/mol. The normalized spacial score (nSPS) is 28.5. The monoisotopic (exact) mass is 215 g/mol. The van der Waals surface area contributed by atoms with Crippen molar-refractivity contribution in [3.8, 4) is 0 Å². The van der Waals surface area contributed by atoms with Gasteiger partial charge in [0.1, 0.15) is 12.1 Å². The van der Waals surface area contributed by atoms with Crippen molar-refractivity contribution in [3.63, 3.8) is 0 Å². The molecule has 1 fully saturated rings. The summed E-state index contributed by atoms with van der Waals surface area (Å²) in [6.45, 7) is 2.46. The molecule has 0 bridgehead atoms. The van der Waals surface area contributed by atoms with Crippen LogP contribution in [0.15, 0.2) is 0 Å². The first-order valence-corrected chi connectivity index (χ1v) is 5.58. The van der Waals surface area contributed by atoms with Crippen molar-refractivity contribution in [3.05, 3.63) is 0 Å². The number of hydrogen-bond donors (Lipinski definition) is 1. The largest absolute Gasteiger partial charge is 0.461 e. The minimum Gasteiger partial charge on any atom is -0.461 e. The van der Waals surface area contributed by atoms with E-state index in [1.807, 2.05) is 0 Å². The van der Waals surface area contributed by atoms with E-state index < -0.39 is 6.04 Å². The zero-order valence-electron chi connectivity index (χ0n) is 9.57. The number of esters is 1. The van der Waals surface area contributed by atoms with Gasteiger partial charge in [-0.1, -0.05) is 6.92 Å². The third-order valence-electron chi connectivity index (χ3n) is 2.89. The van der Waals surface area contributed by atoms with Crippen LogP contribution in [-0.4, -0.2) is 31.8 Å². The summed E-state index contributed by atoms with van der Waals surface area (Å²) in [4.78, 5) is 11.5. The average Bonchev–Trinajstić information content (AvgIpc) is 2.22. The molecule has 0 aliphatic heterocycles. The number of methoxy groups -OCH3 is 1. The zero-order chi connectivity index (χ0) is 11.3. The molecular weight excluding hydrogens is 194 g/mol. The summed E-state index contributed by atoms with van der Waals surface area (Å²) in [7, 11) is 1.52. The maximum Gasteiger partial charge on any atom is 0.325 e. The molecule has 0 spiro atoms. The van der Waals surface area contributed by atoms with Crippen LogP contribution in [0.2, 0.25) is 0 Å². The fraction of sp³-hybridized carbons (Fsp3) is 0.909. The molecule has 0 aromatic carbocycles. The molecule has 4 heteroatoms. The van der Waals surface area contributed by atoms with Gasteiger partial charge in [0.15, 0.2) is 0 Å². The van der Waals surface area contributed by atoms with Crippen LogP contribution in [0.1, 0.15) is 32.6 Å². The van der Waals surface area contributed by atoms with E-state index in [-0.39, 0.29) is 18.7 Å². The van der Waals surface area contributed by atoms with Crippen molar-refractivity contribution >= 4 is 5.97 Å². The van der Waals surface area contributed by atoms with Crippen molar-refractivity contribution in [2.45, 2.75) is 44.8 Å². The predicted octanol–water partition coefficient (Wildman–Crippen LogP) is 1.08. The third-order valence-corrected chi connectivity index (χ3v) is 2.89. The molecule has 1 aliphatic carbocycles. The van der Waals surface area contributed by atoms with Crippen molar-refractivity contribution in [2.75, 3.05) is 13.7 Å². The van der Waals surface area contributed by atoms with Crippen LogP contribution in [0.4, 0.5) is 0 Å². The second kappa shape index (κ2) is 6.08. The smallest absolute Gasteiger partial charge is 0.325 e. The Labute approximate surface area is 91.1 Å². The molecule has 0 aromatic rings. The number of nitrogens with two attached hydrogens (primary N) is 1. The van der Waals surface area contributed by atoms with Crippen LogP contribution in [0.25, 0.3) is 0 Å². The number of rotatable bonds is 4. The van der Waals surface area contributed by atoms with Crippen LogP contribution in [-0.2, 0) is 14.3 Å². The summed E-state index contributed by atoms with van der Waals surface area (Å²) in [6, 6.07) is -0.644. The molecule has 1 atom stereocenters. The van der Waals surface area contributed by atoms with Gasteiger partial charge in [-0.25, -0.2) is 0 Å². The molecule has 1 saturated carbocycles. The van der Waals surface area contributed by atoms with E-state index in [2.05, 4.69) is 6.92 Å². The molecule has 0 heterocycles. The maximum absolute atomic E-state index is 11.5.